The summed E-state index contributed by atoms with van der Waals surface area (Å²) in [5.74, 6) is -0.615. The van der Waals surface area contributed by atoms with Crippen LogP contribution in [0.2, 0.25) is 10.0 Å². The summed E-state index contributed by atoms with van der Waals surface area (Å²) in [6.07, 6.45) is 0.732. The van der Waals surface area contributed by atoms with E-state index in [9.17, 15) is 9.90 Å². The summed E-state index contributed by atoms with van der Waals surface area (Å²) in [6.45, 7) is 1.95. The molecule has 2 N–H and O–H groups in total. The van der Waals surface area contributed by atoms with E-state index in [2.05, 4.69) is 10.4 Å². The zero-order valence-electron chi connectivity index (χ0n) is 10.9. The third-order valence-electron chi connectivity index (χ3n) is 2.80. The Hall–Kier alpha value is -1.72. The molecule has 0 spiro atoms. The lowest BCUT2D eigenvalue weighted by Gasteiger charge is -2.09. The zero-order valence-corrected chi connectivity index (χ0v) is 12.5. The lowest BCUT2D eigenvalue weighted by molar-refractivity contribution is 0.101. The molecule has 0 fully saturated rings. The number of hydrogen-bond acceptors (Lipinski definition) is 3. The number of rotatable bonds is 3. The van der Waals surface area contributed by atoms with Crippen molar-refractivity contribution in [1.82, 2.24) is 9.78 Å². The number of hydrogen-bond donors (Lipinski definition) is 2. The molecule has 0 saturated carbocycles. The van der Waals surface area contributed by atoms with Gasteiger partial charge in [0.15, 0.2) is 5.75 Å². The number of halogens is 2. The van der Waals surface area contributed by atoms with Crippen molar-refractivity contribution >= 4 is 34.8 Å². The van der Waals surface area contributed by atoms with Gasteiger partial charge >= 0.3 is 0 Å². The van der Waals surface area contributed by atoms with Crippen molar-refractivity contribution in [1.29, 1.82) is 0 Å². The van der Waals surface area contributed by atoms with Crippen LogP contribution in [0, 0.1) is 0 Å². The van der Waals surface area contributed by atoms with E-state index >= 15 is 0 Å². The van der Waals surface area contributed by atoms with Gasteiger partial charge in [0, 0.05) is 12.1 Å². The smallest absolute Gasteiger partial charge is 0.274 e. The monoisotopic (exact) mass is 313 g/mol. The van der Waals surface area contributed by atoms with Gasteiger partial charge in [0.2, 0.25) is 0 Å². The maximum absolute atomic E-state index is 12.2. The number of aromatic hydroxyl groups is 1. The molecule has 0 unspecified atom stereocenters. The Bertz CT molecular complexity index is 668. The molecule has 5 nitrogen and oxygen atoms in total. The quantitative estimate of drug-likeness (QED) is 0.855. The normalized spacial score (nSPS) is 10.6. The van der Waals surface area contributed by atoms with Crippen molar-refractivity contribution in [2.75, 3.05) is 5.32 Å². The number of aryl methyl sites for hydroxylation is 2. The van der Waals surface area contributed by atoms with Gasteiger partial charge in [-0.1, -0.05) is 30.1 Å². The van der Waals surface area contributed by atoms with E-state index in [1.165, 1.54) is 16.8 Å². The first kappa shape index (κ1) is 14.7. The number of benzene rings is 1. The Balaban J connectivity index is 2.30. The lowest BCUT2D eigenvalue weighted by atomic mass is 10.2. The molecule has 7 heteroatoms. The van der Waals surface area contributed by atoms with Crippen LogP contribution in [0.5, 0.6) is 5.75 Å². The highest BCUT2D eigenvalue weighted by Crippen LogP contribution is 2.35. The molecule has 0 atom stereocenters. The molecule has 1 aromatic carbocycles. The van der Waals surface area contributed by atoms with E-state index in [4.69, 9.17) is 23.2 Å². The maximum atomic E-state index is 12.2. The van der Waals surface area contributed by atoms with Crippen LogP contribution in [0.25, 0.3) is 0 Å². The van der Waals surface area contributed by atoms with E-state index < -0.39 is 5.91 Å². The second-order valence-electron chi connectivity index (χ2n) is 4.24. The van der Waals surface area contributed by atoms with Crippen molar-refractivity contribution in [3.8, 4) is 5.75 Å². The molecule has 1 amide bonds. The van der Waals surface area contributed by atoms with Gasteiger partial charge in [0.05, 0.1) is 16.4 Å². The average molecular weight is 314 g/mol. The van der Waals surface area contributed by atoms with E-state index in [-0.39, 0.29) is 16.5 Å². The summed E-state index contributed by atoms with van der Waals surface area (Å²) in [4.78, 5) is 12.2. The summed E-state index contributed by atoms with van der Waals surface area (Å²) in [5, 5.41) is 17.0. The molecule has 0 aliphatic carbocycles. The molecule has 0 bridgehead atoms. The van der Waals surface area contributed by atoms with Gasteiger partial charge in [-0.2, -0.15) is 5.10 Å². The van der Waals surface area contributed by atoms with Crippen LogP contribution >= 0.6 is 23.2 Å². The highest BCUT2D eigenvalue weighted by atomic mass is 35.5. The summed E-state index contributed by atoms with van der Waals surface area (Å²) >= 11 is 11.6. The minimum atomic E-state index is -0.395. The number of phenolic OH excluding ortho intramolecular Hbond substituents is 1. The second kappa shape index (κ2) is 5.73. The van der Waals surface area contributed by atoms with Crippen LogP contribution in [0.1, 0.15) is 23.1 Å². The first-order chi connectivity index (χ1) is 9.42. The largest absolute Gasteiger partial charge is 0.504 e. The first-order valence-electron chi connectivity index (χ1n) is 5.94. The highest BCUT2D eigenvalue weighted by Gasteiger charge is 2.16. The number of amides is 1. The fourth-order valence-corrected chi connectivity index (χ4v) is 2.25. The molecule has 1 heterocycles. The van der Waals surface area contributed by atoms with E-state index in [0.717, 1.165) is 12.1 Å². The number of carbonyl (C=O) groups is 1. The summed E-state index contributed by atoms with van der Waals surface area (Å²) < 4.78 is 1.48. The van der Waals surface area contributed by atoms with Crippen molar-refractivity contribution in [2.45, 2.75) is 13.3 Å². The number of anilines is 1. The topological polar surface area (TPSA) is 67.2 Å². The number of nitrogens with zero attached hydrogens (tertiary/aromatic N) is 2. The molecule has 2 aromatic rings. The van der Waals surface area contributed by atoms with Gasteiger partial charge in [0.25, 0.3) is 5.91 Å². The zero-order chi connectivity index (χ0) is 14.9. The minimum Gasteiger partial charge on any atom is -0.504 e. The minimum absolute atomic E-state index is 0.0760. The Morgan fingerprint density at radius 2 is 2.10 bits per heavy atom. The van der Waals surface area contributed by atoms with E-state index in [0.29, 0.717) is 10.7 Å². The van der Waals surface area contributed by atoms with Crippen LogP contribution in [0.15, 0.2) is 18.2 Å². The van der Waals surface area contributed by atoms with Gasteiger partial charge in [-0.25, -0.2) is 0 Å². The molecule has 1 aromatic heterocycles. The Morgan fingerprint density at radius 3 is 2.70 bits per heavy atom. The number of aromatic nitrogens is 2. The number of phenols is 1. The average Bonchev–Trinajstić information content (AvgIpc) is 2.76. The summed E-state index contributed by atoms with van der Waals surface area (Å²) in [5.41, 5.74) is 1.36. The number of nitrogens with one attached hydrogen (secondary N) is 1. The fraction of sp³-hybridized carbons (Fsp3) is 0.231. The molecule has 0 aliphatic heterocycles. The Kier molecular flexibility index (Phi) is 4.20. The van der Waals surface area contributed by atoms with Crippen molar-refractivity contribution in [3.63, 3.8) is 0 Å². The van der Waals surface area contributed by atoms with E-state index in [1.54, 1.807) is 13.1 Å². The summed E-state index contributed by atoms with van der Waals surface area (Å²) in [7, 11) is 1.68. The molecule has 2 rings (SSSR count). The number of carbonyl (C=O) groups excluding carboxylic acids is 1. The van der Waals surface area contributed by atoms with Crippen molar-refractivity contribution in [3.05, 3.63) is 39.6 Å². The fourth-order valence-electron chi connectivity index (χ4n) is 1.76. The molecule has 0 aliphatic rings. The molecular formula is C13H13Cl2N3O2. The van der Waals surface area contributed by atoms with Crippen LogP contribution in [-0.2, 0) is 13.5 Å². The molecular weight excluding hydrogens is 301 g/mol. The predicted octanol–water partition coefficient (Wildman–Crippen LogP) is 3.25. The third kappa shape index (κ3) is 2.89. The van der Waals surface area contributed by atoms with Crippen LogP contribution in [0.4, 0.5) is 5.69 Å². The van der Waals surface area contributed by atoms with E-state index in [1.807, 2.05) is 6.92 Å². The maximum Gasteiger partial charge on any atom is 0.274 e. The Labute approximate surface area is 126 Å². The Morgan fingerprint density at radius 1 is 1.40 bits per heavy atom. The highest BCUT2D eigenvalue weighted by molar-refractivity contribution is 6.36. The first-order valence-corrected chi connectivity index (χ1v) is 6.70. The van der Waals surface area contributed by atoms with Crippen LogP contribution < -0.4 is 5.32 Å². The molecule has 20 heavy (non-hydrogen) atoms. The molecule has 0 radical (unpaired) electrons. The lowest BCUT2D eigenvalue weighted by Crippen LogP contribution is -2.16. The summed E-state index contributed by atoms with van der Waals surface area (Å²) in [6, 6.07) is 4.52. The van der Waals surface area contributed by atoms with Gasteiger partial charge < -0.3 is 10.4 Å². The molecule has 106 valence electrons. The van der Waals surface area contributed by atoms with Gasteiger partial charge in [-0.05, 0) is 24.6 Å². The third-order valence-corrected chi connectivity index (χ3v) is 3.31. The molecule has 0 saturated heterocycles. The van der Waals surface area contributed by atoms with Gasteiger partial charge in [-0.15, -0.1) is 0 Å². The van der Waals surface area contributed by atoms with Gasteiger partial charge in [-0.3, -0.25) is 9.48 Å². The SMILES string of the molecule is CCc1cc(C(=O)Nc2cc(Cl)cc(Cl)c2O)n(C)n1. The van der Waals surface area contributed by atoms with Crippen LogP contribution in [0.3, 0.4) is 0 Å². The standard InChI is InChI=1S/C13H13Cl2N3O2/c1-3-8-6-11(18(2)17-8)13(20)16-10-5-7(14)4-9(15)12(10)19/h4-6,19H,3H2,1-2H3,(H,16,20). The van der Waals surface area contributed by atoms with Gasteiger partial charge in [0.1, 0.15) is 5.69 Å². The predicted molar refractivity (Wildman–Crippen MR) is 78.7 cm³/mol. The van der Waals surface area contributed by atoms with Crippen LogP contribution in [-0.4, -0.2) is 20.8 Å². The van der Waals surface area contributed by atoms with Crippen molar-refractivity contribution < 1.29 is 9.90 Å². The van der Waals surface area contributed by atoms with Crippen molar-refractivity contribution in [2.24, 2.45) is 7.05 Å². The second-order valence-corrected chi connectivity index (χ2v) is 5.08.